The van der Waals surface area contributed by atoms with Gasteiger partial charge in [0.1, 0.15) is 6.10 Å². The van der Waals surface area contributed by atoms with Crippen LogP contribution in [0.5, 0.6) is 0 Å². The van der Waals surface area contributed by atoms with Gasteiger partial charge in [0.05, 0.1) is 22.4 Å². The van der Waals surface area contributed by atoms with Gasteiger partial charge in [-0.15, -0.1) is 0 Å². The van der Waals surface area contributed by atoms with Crippen molar-refractivity contribution >= 4 is 27.3 Å². The number of carbonyl (C=O) groups is 1. The molecule has 0 radical (unpaired) electrons. The Bertz CT molecular complexity index is 871. The van der Waals surface area contributed by atoms with Crippen LogP contribution in [0.25, 0.3) is 0 Å². The lowest BCUT2D eigenvalue weighted by Gasteiger charge is -2.16. The molecule has 26 heavy (non-hydrogen) atoms. The third-order valence-corrected chi connectivity index (χ3v) is 5.53. The fraction of sp³-hybridized carbons (Fsp3) is 0.278. The molecule has 7 nitrogen and oxygen atoms in total. The smallest absolute Gasteiger partial charge is 0.261 e. The lowest BCUT2D eigenvalue weighted by atomic mass is 10.2. The van der Waals surface area contributed by atoms with E-state index in [0.717, 1.165) is 6.42 Å². The zero-order valence-electron chi connectivity index (χ0n) is 14.1. The SMILES string of the molecule is NC[C@H]1CC[C@@H](C(=O)Nc2ccccc2NS(=O)(=O)c2ccccc2)O1. The number of carbonyl (C=O) groups excluding carboxylic acids is 1. The number of sulfonamides is 1. The van der Waals surface area contributed by atoms with Crippen molar-refractivity contribution in [3.05, 3.63) is 54.6 Å². The first-order valence-electron chi connectivity index (χ1n) is 8.33. The van der Waals surface area contributed by atoms with Crippen LogP contribution in [0.4, 0.5) is 11.4 Å². The largest absolute Gasteiger partial charge is 0.364 e. The summed E-state index contributed by atoms with van der Waals surface area (Å²) in [6, 6.07) is 14.7. The number of nitrogens with two attached hydrogens (primary N) is 1. The molecule has 1 aliphatic heterocycles. The summed E-state index contributed by atoms with van der Waals surface area (Å²) in [5.74, 6) is -0.313. The topological polar surface area (TPSA) is 111 Å². The highest BCUT2D eigenvalue weighted by atomic mass is 32.2. The van der Waals surface area contributed by atoms with E-state index in [4.69, 9.17) is 10.5 Å². The van der Waals surface area contributed by atoms with E-state index in [2.05, 4.69) is 10.0 Å². The molecule has 2 atom stereocenters. The van der Waals surface area contributed by atoms with Gasteiger partial charge in [-0.25, -0.2) is 8.42 Å². The number of benzene rings is 2. The predicted molar refractivity (Wildman–Crippen MR) is 99.3 cm³/mol. The zero-order valence-corrected chi connectivity index (χ0v) is 14.9. The van der Waals surface area contributed by atoms with E-state index in [0.29, 0.717) is 18.7 Å². The van der Waals surface area contributed by atoms with Crippen LogP contribution in [0, 0.1) is 0 Å². The molecule has 0 saturated carbocycles. The second-order valence-corrected chi connectivity index (χ2v) is 7.70. The van der Waals surface area contributed by atoms with Gasteiger partial charge in [0.2, 0.25) is 0 Å². The summed E-state index contributed by atoms with van der Waals surface area (Å²) in [7, 11) is -3.75. The molecule has 0 aromatic heterocycles. The van der Waals surface area contributed by atoms with E-state index in [1.165, 1.54) is 12.1 Å². The second kappa shape index (κ2) is 7.86. The summed E-state index contributed by atoms with van der Waals surface area (Å²) < 4.78 is 33.1. The third kappa shape index (κ3) is 4.21. The van der Waals surface area contributed by atoms with Crippen LogP contribution in [0.1, 0.15) is 12.8 Å². The van der Waals surface area contributed by atoms with Gasteiger partial charge in [0.15, 0.2) is 0 Å². The number of nitrogens with one attached hydrogen (secondary N) is 2. The fourth-order valence-corrected chi connectivity index (χ4v) is 3.87. The van der Waals surface area contributed by atoms with Gasteiger partial charge in [-0.3, -0.25) is 9.52 Å². The Morgan fingerprint density at radius 1 is 1.04 bits per heavy atom. The summed E-state index contributed by atoms with van der Waals surface area (Å²) in [6.45, 7) is 0.372. The van der Waals surface area contributed by atoms with Crippen LogP contribution < -0.4 is 15.8 Å². The van der Waals surface area contributed by atoms with Crippen LogP contribution >= 0.6 is 0 Å². The van der Waals surface area contributed by atoms with Crippen LogP contribution in [0.2, 0.25) is 0 Å². The standard InChI is InChI=1S/C18H21N3O4S/c19-12-13-10-11-17(25-13)18(22)20-15-8-4-5-9-16(15)21-26(23,24)14-6-2-1-3-7-14/h1-9,13,17,21H,10-12,19H2,(H,20,22)/t13-,17+/m1/s1. The average Bonchev–Trinajstić information content (AvgIpc) is 3.13. The van der Waals surface area contributed by atoms with Gasteiger partial charge in [-0.2, -0.15) is 0 Å². The van der Waals surface area contributed by atoms with E-state index in [-0.39, 0.29) is 22.6 Å². The van der Waals surface area contributed by atoms with Crippen molar-refractivity contribution < 1.29 is 17.9 Å². The molecule has 0 aliphatic carbocycles. The molecule has 0 spiro atoms. The number of para-hydroxylation sites is 2. The van der Waals surface area contributed by atoms with Crippen molar-refractivity contribution in [2.24, 2.45) is 5.73 Å². The molecule has 4 N–H and O–H groups in total. The Labute approximate surface area is 152 Å². The Hall–Kier alpha value is -2.42. The molecular weight excluding hydrogens is 354 g/mol. The number of hydrogen-bond donors (Lipinski definition) is 3. The molecule has 1 saturated heterocycles. The van der Waals surface area contributed by atoms with Crippen LogP contribution in [-0.2, 0) is 19.6 Å². The van der Waals surface area contributed by atoms with Crippen molar-refractivity contribution in [3.63, 3.8) is 0 Å². The predicted octanol–water partition coefficient (Wildman–Crippen LogP) is 1.93. The normalized spacial score (nSPS) is 19.9. The minimum absolute atomic E-state index is 0.113. The molecule has 3 rings (SSSR count). The molecule has 1 fully saturated rings. The highest BCUT2D eigenvalue weighted by Gasteiger charge is 2.30. The lowest BCUT2D eigenvalue weighted by Crippen LogP contribution is -2.30. The molecule has 1 heterocycles. The summed E-state index contributed by atoms with van der Waals surface area (Å²) in [4.78, 5) is 12.6. The monoisotopic (exact) mass is 375 g/mol. The minimum Gasteiger partial charge on any atom is -0.364 e. The molecule has 0 bridgehead atoms. The fourth-order valence-electron chi connectivity index (χ4n) is 2.77. The Morgan fingerprint density at radius 3 is 2.35 bits per heavy atom. The first-order valence-corrected chi connectivity index (χ1v) is 9.81. The zero-order chi connectivity index (χ0) is 18.6. The molecule has 2 aromatic rings. The van der Waals surface area contributed by atoms with Crippen LogP contribution in [0.15, 0.2) is 59.5 Å². The number of hydrogen-bond acceptors (Lipinski definition) is 5. The Kier molecular flexibility index (Phi) is 5.55. The molecule has 0 unspecified atom stereocenters. The van der Waals surface area contributed by atoms with Crippen LogP contribution in [-0.4, -0.2) is 33.1 Å². The van der Waals surface area contributed by atoms with Gasteiger partial charge < -0.3 is 15.8 Å². The van der Waals surface area contributed by atoms with E-state index in [9.17, 15) is 13.2 Å². The number of ether oxygens (including phenoxy) is 1. The maximum absolute atomic E-state index is 12.5. The molecule has 2 aromatic carbocycles. The molecule has 1 amide bonds. The van der Waals surface area contributed by atoms with E-state index < -0.39 is 16.1 Å². The maximum Gasteiger partial charge on any atom is 0.261 e. The molecule has 8 heteroatoms. The second-order valence-electron chi connectivity index (χ2n) is 6.01. The Balaban J connectivity index is 1.75. The molecule has 1 aliphatic rings. The highest BCUT2D eigenvalue weighted by Crippen LogP contribution is 2.26. The summed E-state index contributed by atoms with van der Waals surface area (Å²) in [6.07, 6.45) is 0.627. The average molecular weight is 375 g/mol. The van der Waals surface area contributed by atoms with Crippen molar-refractivity contribution in [1.82, 2.24) is 0 Å². The van der Waals surface area contributed by atoms with Crippen molar-refractivity contribution in [1.29, 1.82) is 0 Å². The summed E-state index contributed by atoms with van der Waals surface area (Å²) >= 11 is 0. The molecule has 138 valence electrons. The maximum atomic E-state index is 12.5. The first-order chi connectivity index (χ1) is 12.5. The number of anilines is 2. The quantitative estimate of drug-likeness (QED) is 0.714. The number of rotatable bonds is 6. The third-order valence-electron chi connectivity index (χ3n) is 4.15. The van der Waals surface area contributed by atoms with E-state index >= 15 is 0 Å². The van der Waals surface area contributed by atoms with E-state index in [1.54, 1.807) is 42.5 Å². The van der Waals surface area contributed by atoms with Gasteiger partial charge in [0.25, 0.3) is 15.9 Å². The minimum atomic E-state index is -3.75. The molecular formula is C18H21N3O4S. The Morgan fingerprint density at radius 2 is 1.69 bits per heavy atom. The van der Waals surface area contributed by atoms with Crippen LogP contribution in [0.3, 0.4) is 0 Å². The highest BCUT2D eigenvalue weighted by molar-refractivity contribution is 7.92. The van der Waals surface area contributed by atoms with E-state index in [1.807, 2.05) is 0 Å². The van der Waals surface area contributed by atoms with Gasteiger partial charge >= 0.3 is 0 Å². The lowest BCUT2D eigenvalue weighted by molar-refractivity contribution is -0.126. The van der Waals surface area contributed by atoms with Gasteiger partial charge in [-0.1, -0.05) is 30.3 Å². The van der Waals surface area contributed by atoms with Gasteiger partial charge in [-0.05, 0) is 37.1 Å². The van der Waals surface area contributed by atoms with Crippen molar-refractivity contribution in [2.75, 3.05) is 16.6 Å². The first kappa shape index (κ1) is 18.4. The van der Waals surface area contributed by atoms with Crippen molar-refractivity contribution in [3.8, 4) is 0 Å². The summed E-state index contributed by atoms with van der Waals surface area (Å²) in [5.41, 5.74) is 6.23. The van der Waals surface area contributed by atoms with Crippen molar-refractivity contribution in [2.45, 2.75) is 29.9 Å². The number of amides is 1. The van der Waals surface area contributed by atoms with Gasteiger partial charge in [0, 0.05) is 6.54 Å². The summed E-state index contributed by atoms with van der Waals surface area (Å²) in [5, 5.41) is 2.74.